The quantitative estimate of drug-likeness (QED) is 0.541. The Labute approximate surface area is 172 Å². The van der Waals surface area contributed by atoms with E-state index in [4.69, 9.17) is 0 Å². The minimum atomic E-state index is -4.85. The van der Waals surface area contributed by atoms with E-state index in [1.54, 1.807) is 0 Å². The summed E-state index contributed by atoms with van der Waals surface area (Å²) in [4.78, 5) is 26.3. The van der Waals surface area contributed by atoms with Gasteiger partial charge < -0.3 is 15.0 Å². The Morgan fingerprint density at radius 2 is 1.93 bits per heavy atom. The molecule has 160 valence electrons. The van der Waals surface area contributed by atoms with Crippen molar-refractivity contribution in [3.8, 4) is 5.75 Å². The van der Waals surface area contributed by atoms with Gasteiger partial charge in [0.2, 0.25) is 11.8 Å². The minimum Gasteiger partial charge on any atom is -0.406 e. The second kappa shape index (κ2) is 8.90. The topological polar surface area (TPSA) is 58.6 Å². The molecule has 0 bridgehead atoms. The van der Waals surface area contributed by atoms with Crippen molar-refractivity contribution in [2.24, 2.45) is 0 Å². The summed E-state index contributed by atoms with van der Waals surface area (Å²) in [5.41, 5.74) is 0.217. The van der Waals surface area contributed by atoms with E-state index in [0.29, 0.717) is 4.90 Å². The number of ether oxygens (including phenoxy) is 1. The van der Waals surface area contributed by atoms with Crippen LogP contribution in [-0.4, -0.2) is 36.5 Å². The monoisotopic (exact) mass is 446 g/mol. The molecule has 1 unspecified atom stereocenters. The van der Waals surface area contributed by atoms with Gasteiger partial charge in [0.05, 0.1) is 5.75 Å². The van der Waals surface area contributed by atoms with Crippen LogP contribution in [0.3, 0.4) is 0 Å². The molecule has 1 N–H and O–H groups in total. The van der Waals surface area contributed by atoms with E-state index in [9.17, 15) is 31.5 Å². The highest BCUT2D eigenvalue weighted by Gasteiger charge is 2.35. The summed E-state index contributed by atoms with van der Waals surface area (Å²) >= 11 is 0.974. The largest absolute Gasteiger partial charge is 0.573 e. The van der Waals surface area contributed by atoms with Crippen molar-refractivity contribution in [1.29, 1.82) is 0 Å². The third-order valence-corrected chi connectivity index (χ3v) is 5.16. The summed E-state index contributed by atoms with van der Waals surface area (Å²) in [5, 5.41) is 2.55. The fourth-order valence-electron chi connectivity index (χ4n) is 2.87. The predicted molar refractivity (Wildman–Crippen MR) is 99.1 cm³/mol. The fraction of sp³-hybridized carbons (Fsp3) is 0.263. The third kappa shape index (κ3) is 5.62. The number of rotatable bonds is 6. The van der Waals surface area contributed by atoms with Crippen molar-refractivity contribution < 1.29 is 36.3 Å². The van der Waals surface area contributed by atoms with E-state index in [-0.39, 0.29) is 24.4 Å². The van der Waals surface area contributed by atoms with Gasteiger partial charge in [-0.25, -0.2) is 8.78 Å². The van der Waals surface area contributed by atoms with Gasteiger partial charge in [-0.05, 0) is 36.8 Å². The summed E-state index contributed by atoms with van der Waals surface area (Å²) in [5.74, 6) is -3.56. The summed E-state index contributed by atoms with van der Waals surface area (Å²) in [6.45, 7) is 0.204. The lowest BCUT2D eigenvalue weighted by Crippen LogP contribution is -2.42. The zero-order valence-corrected chi connectivity index (χ0v) is 16.0. The van der Waals surface area contributed by atoms with Crippen LogP contribution in [-0.2, 0) is 9.59 Å². The van der Waals surface area contributed by atoms with E-state index < -0.39 is 41.6 Å². The van der Waals surface area contributed by atoms with Crippen LogP contribution in [0.25, 0.3) is 0 Å². The predicted octanol–water partition coefficient (Wildman–Crippen LogP) is 3.88. The fourth-order valence-corrected chi connectivity index (χ4v) is 3.60. The number of hydrogen-bond donors (Lipinski definition) is 1. The Hall–Kier alpha value is -2.82. The van der Waals surface area contributed by atoms with E-state index >= 15 is 0 Å². The van der Waals surface area contributed by atoms with Crippen molar-refractivity contribution in [2.45, 2.75) is 23.7 Å². The van der Waals surface area contributed by atoms with Gasteiger partial charge in [-0.15, -0.1) is 24.9 Å². The summed E-state index contributed by atoms with van der Waals surface area (Å²) < 4.78 is 67.1. The van der Waals surface area contributed by atoms with Gasteiger partial charge in [0.15, 0.2) is 11.6 Å². The van der Waals surface area contributed by atoms with Gasteiger partial charge in [0.1, 0.15) is 11.8 Å². The SMILES string of the molecule is O=C(CSc1ccc(F)c(F)c1)NC1CCN(c2cccc(OC(F)(F)F)c2)C1=O. The summed E-state index contributed by atoms with van der Waals surface area (Å²) in [6.07, 6.45) is -4.58. The Morgan fingerprint density at radius 3 is 2.63 bits per heavy atom. The first kappa shape index (κ1) is 21.9. The maximum Gasteiger partial charge on any atom is 0.573 e. The maximum absolute atomic E-state index is 13.2. The summed E-state index contributed by atoms with van der Waals surface area (Å²) in [6, 6.07) is 7.40. The first-order chi connectivity index (χ1) is 14.1. The zero-order valence-electron chi connectivity index (χ0n) is 15.2. The molecule has 1 saturated heterocycles. The van der Waals surface area contributed by atoms with Gasteiger partial charge in [-0.1, -0.05) is 6.07 Å². The number of halogens is 5. The number of nitrogens with one attached hydrogen (secondary N) is 1. The molecule has 11 heteroatoms. The molecule has 5 nitrogen and oxygen atoms in total. The second-order valence-electron chi connectivity index (χ2n) is 6.31. The zero-order chi connectivity index (χ0) is 21.9. The number of carbonyl (C=O) groups is 2. The first-order valence-electron chi connectivity index (χ1n) is 8.67. The molecule has 2 amide bonds. The van der Waals surface area contributed by atoms with Crippen molar-refractivity contribution in [3.05, 3.63) is 54.1 Å². The highest BCUT2D eigenvalue weighted by Crippen LogP contribution is 2.29. The number of hydrogen-bond acceptors (Lipinski definition) is 4. The van der Waals surface area contributed by atoms with Gasteiger partial charge in [-0.3, -0.25) is 9.59 Å². The average Bonchev–Trinajstić information content (AvgIpc) is 3.02. The smallest absolute Gasteiger partial charge is 0.406 e. The number of amides is 2. The molecule has 30 heavy (non-hydrogen) atoms. The molecule has 2 aromatic carbocycles. The standard InChI is InChI=1S/C19H15F5N2O3S/c20-14-5-4-13(9-15(14)21)30-10-17(27)25-16-6-7-26(18(16)28)11-2-1-3-12(8-11)29-19(22,23)24/h1-5,8-9,16H,6-7,10H2,(H,25,27). The van der Waals surface area contributed by atoms with E-state index in [0.717, 1.165) is 36.0 Å². The molecule has 0 spiro atoms. The van der Waals surface area contributed by atoms with Crippen LogP contribution in [0.15, 0.2) is 47.4 Å². The van der Waals surface area contributed by atoms with Crippen molar-refractivity contribution >= 4 is 29.3 Å². The molecule has 1 aliphatic rings. The molecular weight excluding hydrogens is 431 g/mol. The Kier molecular flexibility index (Phi) is 6.49. The van der Waals surface area contributed by atoms with Crippen LogP contribution in [0.4, 0.5) is 27.6 Å². The van der Waals surface area contributed by atoms with Gasteiger partial charge in [0, 0.05) is 23.2 Å². The highest BCUT2D eigenvalue weighted by molar-refractivity contribution is 8.00. The van der Waals surface area contributed by atoms with Crippen LogP contribution in [0, 0.1) is 11.6 Å². The lowest BCUT2D eigenvalue weighted by molar-refractivity contribution is -0.274. The van der Waals surface area contributed by atoms with Gasteiger partial charge in [-0.2, -0.15) is 0 Å². The van der Waals surface area contributed by atoms with Crippen molar-refractivity contribution in [2.75, 3.05) is 17.2 Å². The molecular formula is C19H15F5N2O3S. The molecule has 2 aromatic rings. The third-order valence-electron chi connectivity index (χ3n) is 4.16. The van der Waals surface area contributed by atoms with Crippen LogP contribution in [0.2, 0.25) is 0 Å². The Morgan fingerprint density at radius 1 is 1.17 bits per heavy atom. The van der Waals surface area contributed by atoms with Crippen LogP contribution in [0.1, 0.15) is 6.42 Å². The normalized spacial score (nSPS) is 16.6. The number of carbonyl (C=O) groups excluding carboxylic acids is 2. The van der Waals surface area contributed by atoms with E-state index in [2.05, 4.69) is 10.1 Å². The van der Waals surface area contributed by atoms with Crippen LogP contribution >= 0.6 is 11.8 Å². The maximum atomic E-state index is 13.2. The van der Waals surface area contributed by atoms with Crippen LogP contribution in [0.5, 0.6) is 5.75 Å². The second-order valence-corrected chi connectivity index (χ2v) is 7.36. The molecule has 1 heterocycles. The van der Waals surface area contributed by atoms with E-state index in [1.165, 1.54) is 23.1 Å². The average molecular weight is 446 g/mol. The Bertz CT molecular complexity index is 954. The number of nitrogens with zero attached hydrogens (tertiary/aromatic N) is 1. The number of thioether (sulfide) groups is 1. The lowest BCUT2D eigenvalue weighted by Gasteiger charge is -2.18. The van der Waals surface area contributed by atoms with Crippen molar-refractivity contribution in [3.63, 3.8) is 0 Å². The van der Waals surface area contributed by atoms with E-state index in [1.807, 2.05) is 0 Å². The number of benzene rings is 2. The van der Waals surface area contributed by atoms with Crippen molar-refractivity contribution in [1.82, 2.24) is 5.32 Å². The molecule has 0 saturated carbocycles. The summed E-state index contributed by atoms with van der Waals surface area (Å²) in [7, 11) is 0. The van der Waals surface area contributed by atoms with Crippen LogP contribution < -0.4 is 15.0 Å². The molecule has 0 radical (unpaired) electrons. The molecule has 3 rings (SSSR count). The highest BCUT2D eigenvalue weighted by atomic mass is 32.2. The molecule has 0 aromatic heterocycles. The molecule has 1 atom stereocenters. The van der Waals surface area contributed by atoms with Gasteiger partial charge >= 0.3 is 6.36 Å². The molecule has 1 aliphatic heterocycles. The lowest BCUT2D eigenvalue weighted by atomic mass is 10.2. The number of alkyl halides is 3. The first-order valence-corrected chi connectivity index (χ1v) is 9.65. The molecule has 0 aliphatic carbocycles. The molecule has 1 fully saturated rings. The Balaban J connectivity index is 1.56. The van der Waals surface area contributed by atoms with Gasteiger partial charge in [0.25, 0.3) is 0 Å². The minimum absolute atomic E-state index is 0.121. The number of anilines is 1.